The van der Waals surface area contributed by atoms with E-state index in [2.05, 4.69) is 5.32 Å². The third-order valence-electron chi connectivity index (χ3n) is 4.51. The maximum absolute atomic E-state index is 13.2. The van der Waals surface area contributed by atoms with E-state index >= 15 is 0 Å². The quantitative estimate of drug-likeness (QED) is 0.611. The molecule has 4 rings (SSSR count). The van der Waals surface area contributed by atoms with E-state index in [9.17, 15) is 14.0 Å². The smallest absolute Gasteiger partial charge is 0.255 e. The Morgan fingerprint density at radius 1 is 1.24 bits per heavy atom. The van der Waals surface area contributed by atoms with Crippen LogP contribution in [0.3, 0.4) is 0 Å². The summed E-state index contributed by atoms with van der Waals surface area (Å²) < 4.78 is 18.6. The summed E-state index contributed by atoms with van der Waals surface area (Å²) in [6.07, 6.45) is 1.58. The number of thioether (sulfide) groups is 1. The van der Waals surface area contributed by atoms with E-state index in [4.69, 9.17) is 16.0 Å². The molecule has 1 atom stereocenters. The minimum absolute atomic E-state index is 0.0476. The highest BCUT2D eigenvalue weighted by molar-refractivity contribution is 8.00. The number of furan rings is 1. The standard InChI is InChI=1S/C21H16ClFN2O3S/c22-17-10-15(7-8-18(17)23)24-20(27)13-3-5-14(6-4-13)21-25(19(26)12-29-21)11-16-2-1-9-28-16/h1-10,21H,11-12H2,(H,24,27). The van der Waals surface area contributed by atoms with E-state index in [0.717, 1.165) is 11.3 Å². The summed E-state index contributed by atoms with van der Waals surface area (Å²) >= 11 is 7.28. The van der Waals surface area contributed by atoms with Gasteiger partial charge in [-0.2, -0.15) is 0 Å². The van der Waals surface area contributed by atoms with E-state index < -0.39 is 5.82 Å². The Morgan fingerprint density at radius 3 is 2.72 bits per heavy atom. The third kappa shape index (κ3) is 4.31. The van der Waals surface area contributed by atoms with Crippen molar-refractivity contribution >= 4 is 40.9 Å². The van der Waals surface area contributed by atoms with Gasteiger partial charge in [0.1, 0.15) is 17.0 Å². The van der Waals surface area contributed by atoms with Crippen LogP contribution in [0.1, 0.15) is 27.1 Å². The first-order valence-corrected chi connectivity index (χ1v) is 10.2. The number of hydrogen-bond donors (Lipinski definition) is 1. The number of carbonyl (C=O) groups excluding carboxylic acids is 2. The third-order valence-corrected chi connectivity index (χ3v) is 6.06. The van der Waals surface area contributed by atoms with Crippen molar-refractivity contribution in [2.45, 2.75) is 11.9 Å². The molecule has 1 saturated heterocycles. The lowest BCUT2D eigenvalue weighted by atomic mass is 10.1. The van der Waals surface area contributed by atoms with Crippen LogP contribution >= 0.6 is 23.4 Å². The first-order valence-electron chi connectivity index (χ1n) is 8.81. The zero-order chi connectivity index (χ0) is 20.4. The van der Waals surface area contributed by atoms with Crippen molar-refractivity contribution in [3.05, 3.63) is 88.6 Å². The van der Waals surface area contributed by atoms with Crippen LogP contribution in [0.5, 0.6) is 0 Å². The number of halogens is 2. The molecule has 1 fully saturated rings. The molecule has 1 aliphatic rings. The minimum Gasteiger partial charge on any atom is -0.467 e. The molecule has 3 aromatic rings. The number of carbonyl (C=O) groups is 2. The molecule has 1 unspecified atom stereocenters. The van der Waals surface area contributed by atoms with Crippen LogP contribution < -0.4 is 5.32 Å². The van der Waals surface area contributed by atoms with Crippen molar-refractivity contribution < 1.29 is 18.4 Å². The van der Waals surface area contributed by atoms with Gasteiger partial charge < -0.3 is 14.6 Å². The molecule has 2 amide bonds. The van der Waals surface area contributed by atoms with Crippen LogP contribution in [0, 0.1) is 5.82 Å². The van der Waals surface area contributed by atoms with Gasteiger partial charge in [-0.15, -0.1) is 11.8 Å². The summed E-state index contributed by atoms with van der Waals surface area (Å²) in [6.45, 7) is 0.400. The lowest BCUT2D eigenvalue weighted by Crippen LogP contribution is -2.27. The summed E-state index contributed by atoms with van der Waals surface area (Å²) in [5.41, 5.74) is 1.78. The number of rotatable bonds is 5. The Morgan fingerprint density at radius 2 is 2.03 bits per heavy atom. The molecule has 1 N–H and O–H groups in total. The first-order chi connectivity index (χ1) is 14.0. The zero-order valence-electron chi connectivity index (χ0n) is 15.1. The Hall–Kier alpha value is -2.77. The molecular formula is C21H16ClFN2O3S. The lowest BCUT2D eigenvalue weighted by Gasteiger charge is -2.23. The predicted octanol–water partition coefficient (Wildman–Crippen LogP) is 5.10. The number of amides is 2. The normalized spacial score (nSPS) is 16.3. The van der Waals surface area contributed by atoms with Gasteiger partial charge in [0.2, 0.25) is 5.91 Å². The number of nitrogens with one attached hydrogen (secondary N) is 1. The van der Waals surface area contributed by atoms with Gasteiger partial charge >= 0.3 is 0 Å². The SMILES string of the molecule is O=C(Nc1ccc(F)c(Cl)c1)c1ccc(C2SCC(=O)N2Cc2ccco2)cc1. The number of benzene rings is 2. The average Bonchev–Trinajstić information content (AvgIpc) is 3.36. The summed E-state index contributed by atoms with van der Waals surface area (Å²) in [4.78, 5) is 26.5. The topological polar surface area (TPSA) is 62.6 Å². The highest BCUT2D eigenvalue weighted by Gasteiger charge is 2.33. The summed E-state index contributed by atoms with van der Waals surface area (Å²) in [6, 6.07) is 14.7. The lowest BCUT2D eigenvalue weighted by molar-refractivity contribution is -0.128. The van der Waals surface area contributed by atoms with Crippen LogP contribution in [0.2, 0.25) is 5.02 Å². The molecule has 8 heteroatoms. The molecular weight excluding hydrogens is 415 g/mol. The van der Waals surface area contributed by atoms with Gasteiger partial charge in [-0.3, -0.25) is 9.59 Å². The Bertz CT molecular complexity index is 1040. The van der Waals surface area contributed by atoms with Crippen molar-refractivity contribution in [3.63, 3.8) is 0 Å². The molecule has 5 nitrogen and oxygen atoms in total. The molecule has 2 aromatic carbocycles. The Kier molecular flexibility index (Phi) is 5.60. The largest absolute Gasteiger partial charge is 0.467 e. The van der Waals surface area contributed by atoms with Gasteiger partial charge in [0.25, 0.3) is 5.91 Å². The van der Waals surface area contributed by atoms with Gasteiger partial charge in [-0.25, -0.2) is 4.39 Å². The van der Waals surface area contributed by atoms with Gasteiger partial charge in [-0.05, 0) is 48.0 Å². The fourth-order valence-electron chi connectivity index (χ4n) is 3.05. The molecule has 0 spiro atoms. The van der Waals surface area contributed by atoms with Crippen molar-refractivity contribution in [2.75, 3.05) is 11.1 Å². The Labute approximate surface area is 175 Å². The number of anilines is 1. The molecule has 2 heterocycles. The van der Waals surface area contributed by atoms with Gasteiger partial charge in [0.15, 0.2) is 0 Å². The Balaban J connectivity index is 1.47. The molecule has 29 heavy (non-hydrogen) atoms. The van der Waals surface area contributed by atoms with Crippen LogP contribution in [0.25, 0.3) is 0 Å². The van der Waals surface area contributed by atoms with E-state index in [1.807, 2.05) is 18.2 Å². The van der Waals surface area contributed by atoms with Crippen LogP contribution in [-0.4, -0.2) is 22.5 Å². The van der Waals surface area contributed by atoms with E-state index in [1.54, 1.807) is 29.4 Å². The molecule has 0 aliphatic carbocycles. The minimum atomic E-state index is -0.545. The molecule has 1 aromatic heterocycles. The second kappa shape index (κ2) is 8.31. The van der Waals surface area contributed by atoms with Gasteiger partial charge in [0, 0.05) is 11.3 Å². The fourth-order valence-corrected chi connectivity index (χ4v) is 4.42. The second-order valence-electron chi connectivity index (χ2n) is 6.47. The van der Waals surface area contributed by atoms with Crippen LogP contribution in [0.15, 0.2) is 65.3 Å². The highest BCUT2D eigenvalue weighted by Crippen LogP contribution is 2.39. The summed E-state index contributed by atoms with van der Waals surface area (Å²) in [7, 11) is 0. The molecule has 148 valence electrons. The monoisotopic (exact) mass is 430 g/mol. The molecule has 0 saturated carbocycles. The first kappa shape index (κ1) is 19.5. The van der Waals surface area contributed by atoms with Crippen molar-refractivity contribution in [2.24, 2.45) is 0 Å². The average molecular weight is 431 g/mol. The van der Waals surface area contributed by atoms with E-state index in [1.165, 1.54) is 30.0 Å². The zero-order valence-corrected chi connectivity index (χ0v) is 16.7. The number of hydrogen-bond acceptors (Lipinski definition) is 4. The highest BCUT2D eigenvalue weighted by atomic mass is 35.5. The van der Waals surface area contributed by atoms with Gasteiger partial charge in [-0.1, -0.05) is 23.7 Å². The fraction of sp³-hybridized carbons (Fsp3) is 0.143. The molecule has 0 radical (unpaired) electrons. The predicted molar refractivity (Wildman–Crippen MR) is 110 cm³/mol. The maximum Gasteiger partial charge on any atom is 0.255 e. The second-order valence-corrected chi connectivity index (χ2v) is 7.95. The van der Waals surface area contributed by atoms with Gasteiger partial charge in [0.05, 0.1) is 23.6 Å². The van der Waals surface area contributed by atoms with E-state index in [-0.39, 0.29) is 22.2 Å². The van der Waals surface area contributed by atoms with Crippen molar-refractivity contribution in [3.8, 4) is 0 Å². The maximum atomic E-state index is 13.2. The molecule has 1 aliphatic heterocycles. The van der Waals surface area contributed by atoms with Crippen LogP contribution in [-0.2, 0) is 11.3 Å². The number of nitrogens with zero attached hydrogens (tertiary/aromatic N) is 1. The summed E-state index contributed by atoms with van der Waals surface area (Å²) in [5.74, 6) is 0.295. The van der Waals surface area contributed by atoms with Crippen molar-refractivity contribution in [1.82, 2.24) is 4.90 Å². The molecule has 0 bridgehead atoms. The summed E-state index contributed by atoms with van der Waals surface area (Å²) in [5, 5.41) is 2.49. The van der Waals surface area contributed by atoms with Crippen molar-refractivity contribution in [1.29, 1.82) is 0 Å². The van der Waals surface area contributed by atoms with E-state index in [0.29, 0.717) is 23.5 Å². The van der Waals surface area contributed by atoms with Crippen LogP contribution in [0.4, 0.5) is 10.1 Å².